The number of rotatable bonds is 6. The van der Waals surface area contributed by atoms with Gasteiger partial charge in [-0.1, -0.05) is 13.8 Å². The molecule has 1 aliphatic rings. The van der Waals surface area contributed by atoms with Crippen molar-refractivity contribution in [1.82, 2.24) is 9.97 Å². The molecule has 0 bridgehead atoms. The van der Waals surface area contributed by atoms with E-state index in [9.17, 15) is 0 Å². The lowest BCUT2D eigenvalue weighted by Gasteiger charge is -2.34. The zero-order valence-corrected chi connectivity index (χ0v) is 13.7. The molecule has 1 fully saturated rings. The Hall–Kier alpha value is -1.36. The lowest BCUT2D eigenvalue weighted by Crippen LogP contribution is -2.36. The van der Waals surface area contributed by atoms with Crippen molar-refractivity contribution in [3.8, 4) is 0 Å². The molecule has 118 valence electrons. The Morgan fingerprint density at radius 3 is 2.62 bits per heavy atom. The molecule has 0 aromatic carbocycles. The van der Waals surface area contributed by atoms with Crippen molar-refractivity contribution in [3.05, 3.63) is 11.9 Å². The number of piperidine rings is 1. The first-order chi connectivity index (χ1) is 10.2. The van der Waals surface area contributed by atoms with Crippen LogP contribution in [0, 0.1) is 5.92 Å². The van der Waals surface area contributed by atoms with E-state index in [0.29, 0.717) is 11.8 Å². The summed E-state index contributed by atoms with van der Waals surface area (Å²) in [5.74, 6) is 3.18. The molecular formula is C16H28N4O. The van der Waals surface area contributed by atoms with Gasteiger partial charge in [0.25, 0.3) is 0 Å². The minimum atomic E-state index is 0.409. The minimum absolute atomic E-state index is 0.409. The van der Waals surface area contributed by atoms with E-state index >= 15 is 0 Å². The summed E-state index contributed by atoms with van der Waals surface area (Å²) < 4.78 is 5.28. The van der Waals surface area contributed by atoms with E-state index in [4.69, 9.17) is 4.74 Å². The van der Waals surface area contributed by atoms with Gasteiger partial charge < -0.3 is 15.0 Å². The third kappa shape index (κ3) is 3.84. The number of methoxy groups -OCH3 is 1. The Bertz CT molecular complexity index is 442. The summed E-state index contributed by atoms with van der Waals surface area (Å²) in [6.45, 7) is 10.4. The molecule has 21 heavy (non-hydrogen) atoms. The Kier molecular flexibility index (Phi) is 5.79. The van der Waals surface area contributed by atoms with E-state index in [1.807, 2.05) is 0 Å². The van der Waals surface area contributed by atoms with Crippen LogP contribution >= 0.6 is 0 Å². The van der Waals surface area contributed by atoms with Crippen LogP contribution < -0.4 is 10.2 Å². The third-order valence-electron chi connectivity index (χ3n) is 4.10. The second-order valence-electron chi connectivity index (χ2n) is 6.03. The second kappa shape index (κ2) is 7.59. The molecular weight excluding hydrogens is 264 g/mol. The van der Waals surface area contributed by atoms with Gasteiger partial charge in [0.2, 0.25) is 0 Å². The van der Waals surface area contributed by atoms with Crippen LogP contribution in [0.2, 0.25) is 0 Å². The maximum absolute atomic E-state index is 5.28. The lowest BCUT2D eigenvalue weighted by atomic mass is 9.96. The summed E-state index contributed by atoms with van der Waals surface area (Å²) >= 11 is 0. The molecule has 0 amide bonds. The van der Waals surface area contributed by atoms with Gasteiger partial charge in [0.1, 0.15) is 18.0 Å². The van der Waals surface area contributed by atoms with Gasteiger partial charge in [-0.2, -0.15) is 0 Å². The summed E-state index contributed by atoms with van der Waals surface area (Å²) in [6.07, 6.45) is 4.03. The molecule has 0 atom stereocenters. The lowest BCUT2D eigenvalue weighted by molar-refractivity contribution is 0.139. The number of hydrogen-bond donors (Lipinski definition) is 1. The number of aromatic nitrogens is 2. The van der Waals surface area contributed by atoms with E-state index in [1.165, 1.54) is 18.4 Å². The highest BCUT2D eigenvalue weighted by Gasteiger charge is 2.24. The molecule has 0 spiro atoms. The number of nitrogens with one attached hydrogen (secondary N) is 1. The van der Waals surface area contributed by atoms with Crippen LogP contribution in [0.25, 0.3) is 0 Å². The Labute approximate surface area is 128 Å². The zero-order chi connectivity index (χ0) is 15.2. The first-order valence-electron chi connectivity index (χ1n) is 8.00. The maximum atomic E-state index is 5.28. The molecule has 1 aliphatic heterocycles. The smallest absolute Gasteiger partial charge is 0.137 e. The highest BCUT2D eigenvalue weighted by Crippen LogP contribution is 2.32. The molecule has 0 aliphatic carbocycles. The van der Waals surface area contributed by atoms with Crippen LogP contribution in [-0.2, 0) is 4.74 Å². The van der Waals surface area contributed by atoms with Crippen molar-refractivity contribution in [2.75, 3.05) is 43.6 Å². The molecule has 1 aromatic heterocycles. The van der Waals surface area contributed by atoms with Crippen LogP contribution in [-0.4, -0.2) is 43.3 Å². The van der Waals surface area contributed by atoms with Gasteiger partial charge in [-0.05, 0) is 31.6 Å². The van der Waals surface area contributed by atoms with Crippen LogP contribution in [0.3, 0.4) is 0 Å². The average Bonchev–Trinajstić information content (AvgIpc) is 2.48. The standard InChI is InChI=1S/C16H28N4O/c1-5-17-15-14(12(2)3)16(19-11-18-15)20-8-6-13(7-9-20)10-21-4/h11-13H,5-10H2,1-4H3,(H,17,18,19). The van der Waals surface area contributed by atoms with Gasteiger partial charge in [-0.25, -0.2) is 9.97 Å². The van der Waals surface area contributed by atoms with E-state index < -0.39 is 0 Å². The number of hydrogen-bond acceptors (Lipinski definition) is 5. The van der Waals surface area contributed by atoms with Crippen molar-refractivity contribution in [2.24, 2.45) is 5.92 Å². The molecule has 0 saturated carbocycles. The molecule has 5 heteroatoms. The molecule has 2 heterocycles. The molecule has 1 saturated heterocycles. The van der Waals surface area contributed by atoms with Gasteiger partial charge in [-0.3, -0.25) is 0 Å². The van der Waals surface area contributed by atoms with Crippen molar-refractivity contribution in [3.63, 3.8) is 0 Å². The fourth-order valence-corrected chi connectivity index (χ4v) is 3.03. The fourth-order valence-electron chi connectivity index (χ4n) is 3.03. The van der Waals surface area contributed by atoms with E-state index in [0.717, 1.165) is 37.9 Å². The van der Waals surface area contributed by atoms with Crippen molar-refractivity contribution < 1.29 is 4.74 Å². The normalized spacial score (nSPS) is 16.5. The maximum Gasteiger partial charge on any atom is 0.137 e. The highest BCUT2D eigenvalue weighted by molar-refractivity contribution is 5.60. The van der Waals surface area contributed by atoms with Gasteiger partial charge >= 0.3 is 0 Å². The topological polar surface area (TPSA) is 50.3 Å². The van der Waals surface area contributed by atoms with Crippen molar-refractivity contribution in [2.45, 2.75) is 39.5 Å². The Morgan fingerprint density at radius 1 is 1.33 bits per heavy atom. The van der Waals surface area contributed by atoms with Crippen molar-refractivity contribution >= 4 is 11.6 Å². The summed E-state index contributed by atoms with van der Waals surface area (Å²) in [4.78, 5) is 11.4. The molecule has 1 N–H and O–H groups in total. The molecule has 5 nitrogen and oxygen atoms in total. The van der Waals surface area contributed by atoms with Gasteiger partial charge in [0, 0.05) is 38.9 Å². The largest absolute Gasteiger partial charge is 0.384 e. The first kappa shape index (κ1) is 16.0. The van der Waals surface area contributed by atoms with Crippen LogP contribution in [0.5, 0.6) is 0 Å². The Morgan fingerprint density at radius 2 is 2.05 bits per heavy atom. The van der Waals surface area contributed by atoms with Crippen LogP contribution in [0.1, 0.15) is 45.1 Å². The molecule has 0 unspecified atom stereocenters. The summed E-state index contributed by atoms with van der Waals surface area (Å²) in [5, 5.41) is 3.37. The van der Waals surface area contributed by atoms with Crippen LogP contribution in [0.4, 0.5) is 11.6 Å². The van der Waals surface area contributed by atoms with Crippen LogP contribution in [0.15, 0.2) is 6.33 Å². The second-order valence-corrected chi connectivity index (χ2v) is 6.03. The number of nitrogens with zero attached hydrogens (tertiary/aromatic N) is 3. The molecule has 0 radical (unpaired) electrons. The van der Waals surface area contributed by atoms with Gasteiger partial charge in [-0.15, -0.1) is 0 Å². The molecule has 2 rings (SSSR count). The summed E-state index contributed by atoms with van der Waals surface area (Å²) in [6, 6.07) is 0. The zero-order valence-electron chi connectivity index (χ0n) is 13.7. The van der Waals surface area contributed by atoms with E-state index in [2.05, 4.69) is 41.0 Å². The minimum Gasteiger partial charge on any atom is -0.384 e. The quantitative estimate of drug-likeness (QED) is 0.873. The Balaban J connectivity index is 2.18. The summed E-state index contributed by atoms with van der Waals surface area (Å²) in [5.41, 5.74) is 1.24. The number of ether oxygens (including phenoxy) is 1. The average molecular weight is 292 g/mol. The summed E-state index contributed by atoms with van der Waals surface area (Å²) in [7, 11) is 1.79. The predicted molar refractivity (Wildman–Crippen MR) is 87.1 cm³/mol. The predicted octanol–water partition coefficient (Wildman–Crippen LogP) is 2.89. The highest BCUT2D eigenvalue weighted by atomic mass is 16.5. The van der Waals surface area contributed by atoms with E-state index in [-0.39, 0.29) is 0 Å². The van der Waals surface area contributed by atoms with E-state index in [1.54, 1.807) is 13.4 Å². The van der Waals surface area contributed by atoms with Gasteiger partial charge in [0.05, 0.1) is 0 Å². The molecule has 1 aromatic rings. The third-order valence-corrected chi connectivity index (χ3v) is 4.10. The van der Waals surface area contributed by atoms with Crippen molar-refractivity contribution in [1.29, 1.82) is 0 Å². The SMILES string of the molecule is CCNc1ncnc(N2CCC(COC)CC2)c1C(C)C. The van der Waals surface area contributed by atoms with Gasteiger partial charge in [0.15, 0.2) is 0 Å². The fraction of sp³-hybridized carbons (Fsp3) is 0.750. The monoisotopic (exact) mass is 292 g/mol. The number of anilines is 2. The first-order valence-corrected chi connectivity index (χ1v) is 8.00.